The second kappa shape index (κ2) is 5.58. The summed E-state index contributed by atoms with van der Waals surface area (Å²) in [6.07, 6.45) is 1.62. The smallest absolute Gasteiger partial charge is 0.264 e. The first kappa shape index (κ1) is 14.4. The molecule has 0 aliphatic rings. The molecule has 2 aromatic rings. The van der Waals surface area contributed by atoms with Gasteiger partial charge in [0.2, 0.25) is 0 Å². The summed E-state index contributed by atoms with van der Waals surface area (Å²) in [6, 6.07) is 4.91. The predicted octanol–water partition coefficient (Wildman–Crippen LogP) is 2.47. The molecular weight excluding hydrogens is 350 g/mol. The summed E-state index contributed by atoms with van der Waals surface area (Å²) in [5.41, 5.74) is 6.37. The van der Waals surface area contributed by atoms with Crippen molar-refractivity contribution < 1.29 is 8.42 Å². The Balaban J connectivity index is 2.34. The molecule has 0 aliphatic heterocycles. The second-order valence-electron chi connectivity index (χ2n) is 3.85. The van der Waals surface area contributed by atoms with Gasteiger partial charge in [-0.3, -0.25) is 4.72 Å². The Labute approximate surface area is 124 Å². The van der Waals surface area contributed by atoms with Gasteiger partial charge in [0.25, 0.3) is 10.0 Å². The Morgan fingerprint density at radius 3 is 2.74 bits per heavy atom. The predicted molar refractivity (Wildman–Crippen MR) is 79.7 cm³/mol. The third kappa shape index (κ3) is 3.33. The zero-order chi connectivity index (χ0) is 14.0. The van der Waals surface area contributed by atoms with Crippen LogP contribution in [0.4, 0.5) is 5.13 Å². The molecule has 8 heteroatoms. The fourth-order valence-corrected chi connectivity index (χ4v) is 4.49. The highest BCUT2D eigenvalue weighted by Crippen LogP contribution is 2.26. The number of thiazole rings is 1. The molecule has 0 fully saturated rings. The average molecular weight is 362 g/mol. The van der Waals surface area contributed by atoms with Crippen LogP contribution in [0, 0.1) is 6.92 Å². The topological polar surface area (TPSA) is 85.1 Å². The standard InChI is InChI=1S/C11H12BrN3O2S2/c1-7-6-14-11(18-7)15-19(16,17)10-3-2-8(5-13)4-9(10)12/h2-4,6H,5,13H2,1H3,(H,14,15). The highest BCUT2D eigenvalue weighted by atomic mass is 79.9. The number of aromatic nitrogens is 1. The van der Waals surface area contributed by atoms with Crippen LogP contribution in [0.1, 0.15) is 10.4 Å². The van der Waals surface area contributed by atoms with Crippen molar-refractivity contribution in [1.29, 1.82) is 0 Å². The van der Waals surface area contributed by atoms with Crippen molar-refractivity contribution >= 4 is 42.4 Å². The molecule has 0 radical (unpaired) electrons. The molecule has 0 saturated carbocycles. The lowest BCUT2D eigenvalue weighted by atomic mass is 10.2. The van der Waals surface area contributed by atoms with Crippen molar-refractivity contribution in [3.8, 4) is 0 Å². The molecule has 3 N–H and O–H groups in total. The third-order valence-corrected chi connectivity index (χ3v) is 5.64. The van der Waals surface area contributed by atoms with Gasteiger partial charge >= 0.3 is 0 Å². The van der Waals surface area contributed by atoms with Gasteiger partial charge in [-0.05, 0) is 40.5 Å². The quantitative estimate of drug-likeness (QED) is 0.875. The molecule has 1 aromatic carbocycles. The molecule has 5 nitrogen and oxygen atoms in total. The van der Waals surface area contributed by atoms with Crippen molar-refractivity contribution in [3.63, 3.8) is 0 Å². The molecule has 1 aromatic heterocycles. The maximum Gasteiger partial charge on any atom is 0.264 e. The Hall–Kier alpha value is -0.960. The number of halogens is 1. The van der Waals surface area contributed by atoms with E-state index in [1.165, 1.54) is 17.4 Å². The van der Waals surface area contributed by atoms with Gasteiger partial charge < -0.3 is 5.73 Å². The van der Waals surface area contributed by atoms with Crippen molar-refractivity contribution in [2.75, 3.05) is 4.72 Å². The van der Waals surface area contributed by atoms with Crippen LogP contribution in [0.3, 0.4) is 0 Å². The molecule has 0 bridgehead atoms. The summed E-state index contributed by atoms with van der Waals surface area (Å²) < 4.78 is 27.4. The van der Waals surface area contributed by atoms with E-state index < -0.39 is 10.0 Å². The van der Waals surface area contributed by atoms with E-state index in [2.05, 4.69) is 25.6 Å². The number of nitrogens with two attached hydrogens (primary N) is 1. The molecule has 0 saturated heterocycles. The van der Waals surface area contributed by atoms with Gasteiger partial charge in [0, 0.05) is 22.1 Å². The average Bonchev–Trinajstić information content (AvgIpc) is 2.73. The van der Waals surface area contributed by atoms with Crippen LogP contribution < -0.4 is 10.5 Å². The van der Waals surface area contributed by atoms with Crippen LogP contribution in [0.25, 0.3) is 0 Å². The molecule has 0 unspecified atom stereocenters. The van der Waals surface area contributed by atoms with Gasteiger partial charge in [-0.2, -0.15) is 0 Å². The van der Waals surface area contributed by atoms with Gasteiger partial charge in [0.1, 0.15) is 4.90 Å². The van der Waals surface area contributed by atoms with E-state index in [4.69, 9.17) is 5.73 Å². The van der Waals surface area contributed by atoms with Crippen LogP contribution in [-0.2, 0) is 16.6 Å². The van der Waals surface area contributed by atoms with Gasteiger partial charge in [0.05, 0.1) is 0 Å². The van der Waals surface area contributed by atoms with Crippen LogP contribution >= 0.6 is 27.3 Å². The molecule has 0 amide bonds. The van der Waals surface area contributed by atoms with E-state index >= 15 is 0 Å². The third-order valence-electron chi connectivity index (χ3n) is 2.36. The number of nitrogens with one attached hydrogen (secondary N) is 1. The fourth-order valence-electron chi connectivity index (χ4n) is 1.46. The van der Waals surface area contributed by atoms with Crippen LogP contribution in [0.15, 0.2) is 33.8 Å². The maximum absolute atomic E-state index is 12.2. The highest BCUT2D eigenvalue weighted by molar-refractivity contribution is 9.10. The van der Waals surface area contributed by atoms with Crippen molar-refractivity contribution in [2.24, 2.45) is 5.73 Å². The minimum atomic E-state index is -3.65. The first-order chi connectivity index (χ1) is 8.92. The van der Waals surface area contributed by atoms with Gasteiger partial charge in [-0.25, -0.2) is 13.4 Å². The summed E-state index contributed by atoms with van der Waals surface area (Å²) in [7, 11) is -3.65. The number of sulfonamides is 1. The Bertz CT molecular complexity index is 698. The minimum absolute atomic E-state index is 0.164. The normalized spacial score (nSPS) is 11.5. The molecule has 19 heavy (non-hydrogen) atoms. The number of rotatable bonds is 4. The molecule has 1 heterocycles. The van der Waals surface area contributed by atoms with Gasteiger partial charge in [0.15, 0.2) is 5.13 Å². The number of aryl methyl sites for hydroxylation is 1. The summed E-state index contributed by atoms with van der Waals surface area (Å²) >= 11 is 4.54. The highest BCUT2D eigenvalue weighted by Gasteiger charge is 2.19. The first-order valence-corrected chi connectivity index (χ1v) is 8.45. The van der Waals surface area contributed by atoms with E-state index in [0.29, 0.717) is 16.1 Å². The van der Waals surface area contributed by atoms with Crippen LogP contribution in [0.5, 0.6) is 0 Å². The number of nitrogens with zero attached hydrogens (tertiary/aromatic N) is 1. The van der Waals surface area contributed by atoms with E-state index in [0.717, 1.165) is 10.4 Å². The van der Waals surface area contributed by atoms with E-state index in [1.807, 2.05) is 6.92 Å². The van der Waals surface area contributed by atoms with Gasteiger partial charge in [-0.15, -0.1) is 11.3 Å². The Morgan fingerprint density at radius 2 is 2.21 bits per heavy atom. The monoisotopic (exact) mass is 361 g/mol. The summed E-state index contributed by atoms with van der Waals surface area (Å²) in [5.74, 6) is 0. The second-order valence-corrected chi connectivity index (χ2v) is 7.59. The molecule has 0 aliphatic carbocycles. The van der Waals surface area contributed by atoms with Crippen LogP contribution in [0.2, 0.25) is 0 Å². The SMILES string of the molecule is Cc1cnc(NS(=O)(=O)c2ccc(CN)cc2Br)s1. The summed E-state index contributed by atoms with van der Waals surface area (Å²) in [4.78, 5) is 5.09. The number of hydrogen-bond donors (Lipinski definition) is 2. The lowest BCUT2D eigenvalue weighted by Crippen LogP contribution is -2.13. The fraction of sp³-hybridized carbons (Fsp3) is 0.182. The summed E-state index contributed by atoms with van der Waals surface area (Å²) in [5, 5.41) is 0.354. The van der Waals surface area contributed by atoms with E-state index in [1.54, 1.807) is 18.3 Å². The first-order valence-electron chi connectivity index (χ1n) is 5.36. The molecular formula is C11H12BrN3O2S2. The molecule has 102 valence electrons. The number of benzene rings is 1. The lowest BCUT2D eigenvalue weighted by molar-refractivity contribution is 0.600. The molecule has 0 atom stereocenters. The van der Waals surface area contributed by atoms with Crippen molar-refractivity contribution in [1.82, 2.24) is 4.98 Å². The number of hydrogen-bond acceptors (Lipinski definition) is 5. The van der Waals surface area contributed by atoms with Crippen molar-refractivity contribution in [2.45, 2.75) is 18.4 Å². The zero-order valence-corrected chi connectivity index (χ0v) is 13.3. The number of anilines is 1. The maximum atomic E-state index is 12.2. The Kier molecular flexibility index (Phi) is 4.24. The molecule has 0 spiro atoms. The summed E-state index contributed by atoms with van der Waals surface area (Å²) in [6.45, 7) is 2.22. The van der Waals surface area contributed by atoms with E-state index in [9.17, 15) is 8.42 Å². The Morgan fingerprint density at radius 1 is 1.47 bits per heavy atom. The van der Waals surface area contributed by atoms with Crippen LogP contribution in [-0.4, -0.2) is 13.4 Å². The lowest BCUT2D eigenvalue weighted by Gasteiger charge is -2.08. The molecule has 2 rings (SSSR count). The van der Waals surface area contributed by atoms with E-state index in [-0.39, 0.29) is 4.90 Å². The largest absolute Gasteiger partial charge is 0.326 e. The zero-order valence-electron chi connectivity index (χ0n) is 10.1. The van der Waals surface area contributed by atoms with Gasteiger partial charge in [-0.1, -0.05) is 6.07 Å². The minimum Gasteiger partial charge on any atom is -0.326 e. The van der Waals surface area contributed by atoms with Crippen molar-refractivity contribution in [3.05, 3.63) is 39.3 Å².